The summed E-state index contributed by atoms with van der Waals surface area (Å²) in [6, 6.07) is 6.70. The first-order valence-electron chi connectivity index (χ1n) is 13.0. The molecule has 1 saturated carbocycles. The number of halogens is 6. The third-order valence-electron chi connectivity index (χ3n) is 8.09. The smallest absolute Gasteiger partial charge is 0.340 e. The molecular formula is C26H38F6OSi. The van der Waals surface area contributed by atoms with E-state index in [9.17, 15) is 26.3 Å². The maximum atomic E-state index is 14.3. The summed E-state index contributed by atoms with van der Waals surface area (Å²) >= 11 is 0. The number of hydrogen-bond acceptors (Lipinski definition) is 1. The number of rotatable bonds is 11. The van der Waals surface area contributed by atoms with Gasteiger partial charge >= 0.3 is 12.3 Å². The molecule has 0 spiro atoms. The lowest BCUT2D eigenvalue weighted by Gasteiger charge is -2.30. The summed E-state index contributed by atoms with van der Waals surface area (Å²) in [5.41, 5.74) is 0.479. The minimum Gasteiger partial charge on any atom is -0.481 e. The summed E-state index contributed by atoms with van der Waals surface area (Å²) in [6.07, 6.45) is 7.73. The highest BCUT2D eigenvalue weighted by atomic mass is 28.3. The standard InChI is InChI=1S/C26H38F6OSi/c1-2-34-13-11-19(12-14-34)6-4-3-5-18-7-9-20(10-8-18)21-15-22(27)24(23(28)16-21)33-17-26(31,32)25(29)30/h15-16,18-20,25,34H,2-14,17H2,1H3/t18-,19-,20-,34-. The van der Waals surface area contributed by atoms with E-state index in [1.54, 1.807) is 0 Å². The molecule has 194 valence electrons. The normalized spacial score (nSPS) is 26.1. The number of alkyl halides is 4. The van der Waals surface area contributed by atoms with Gasteiger partial charge in [0.25, 0.3) is 0 Å². The zero-order valence-corrected chi connectivity index (χ0v) is 21.3. The molecule has 0 aromatic heterocycles. The number of ether oxygens (including phenoxy) is 1. The molecule has 0 atom stereocenters. The lowest BCUT2D eigenvalue weighted by molar-refractivity contribution is -0.148. The highest BCUT2D eigenvalue weighted by Gasteiger charge is 2.42. The minimum atomic E-state index is -4.47. The van der Waals surface area contributed by atoms with Crippen molar-refractivity contribution in [1.29, 1.82) is 0 Å². The molecule has 1 aromatic rings. The third kappa shape index (κ3) is 7.66. The zero-order chi connectivity index (χ0) is 24.7. The van der Waals surface area contributed by atoms with Gasteiger partial charge in [0.1, 0.15) is 0 Å². The van der Waals surface area contributed by atoms with Gasteiger partial charge in [-0.2, -0.15) is 8.78 Å². The van der Waals surface area contributed by atoms with E-state index in [-0.39, 0.29) is 14.7 Å². The summed E-state index contributed by atoms with van der Waals surface area (Å²) in [5.74, 6) is -6.15. The molecule has 1 saturated heterocycles. The molecule has 1 aromatic carbocycles. The van der Waals surface area contributed by atoms with Crippen LogP contribution in [0, 0.1) is 23.5 Å². The molecule has 8 heteroatoms. The SMILES string of the molecule is CC[Si@H]1CC[C@H](CCCC[C@H]2CC[C@H](c3cc(F)c(OCC(F)(F)C(F)F)c(F)c3)CC2)CC1. The van der Waals surface area contributed by atoms with Crippen LogP contribution in [0.4, 0.5) is 26.3 Å². The number of benzene rings is 1. The van der Waals surface area contributed by atoms with Gasteiger partial charge in [0.2, 0.25) is 0 Å². The summed E-state index contributed by atoms with van der Waals surface area (Å²) in [5, 5.41) is 0. The molecule has 0 radical (unpaired) electrons. The molecular weight excluding hydrogens is 470 g/mol. The molecule has 1 aliphatic carbocycles. The second kappa shape index (κ2) is 12.7. The largest absolute Gasteiger partial charge is 0.481 e. The Hall–Kier alpha value is -1.18. The van der Waals surface area contributed by atoms with Crippen LogP contribution in [0.25, 0.3) is 0 Å². The Kier molecular flexibility index (Phi) is 10.2. The Morgan fingerprint density at radius 2 is 1.44 bits per heavy atom. The van der Waals surface area contributed by atoms with E-state index < -0.39 is 36.3 Å². The highest BCUT2D eigenvalue weighted by Crippen LogP contribution is 2.40. The summed E-state index contributed by atoms with van der Waals surface area (Å²) < 4.78 is 83.6. The van der Waals surface area contributed by atoms with E-state index in [0.717, 1.165) is 43.7 Å². The molecule has 0 unspecified atom stereocenters. The van der Waals surface area contributed by atoms with Gasteiger partial charge in [-0.05, 0) is 61.1 Å². The van der Waals surface area contributed by atoms with Crippen LogP contribution in [-0.2, 0) is 0 Å². The first kappa shape index (κ1) is 27.4. The van der Waals surface area contributed by atoms with Gasteiger partial charge in [-0.1, -0.05) is 63.6 Å². The van der Waals surface area contributed by atoms with Gasteiger partial charge in [-0.15, -0.1) is 0 Å². The van der Waals surface area contributed by atoms with Crippen LogP contribution >= 0.6 is 0 Å². The van der Waals surface area contributed by atoms with Crippen LogP contribution in [-0.4, -0.2) is 27.8 Å². The van der Waals surface area contributed by atoms with Gasteiger partial charge in [-0.3, -0.25) is 0 Å². The van der Waals surface area contributed by atoms with Crippen molar-refractivity contribution in [3.8, 4) is 5.75 Å². The van der Waals surface area contributed by atoms with Crippen molar-refractivity contribution in [1.82, 2.24) is 0 Å². The average molecular weight is 509 g/mol. The van der Waals surface area contributed by atoms with E-state index in [1.807, 2.05) is 0 Å². The maximum Gasteiger partial charge on any atom is 0.340 e. The Morgan fingerprint density at radius 1 is 0.912 bits per heavy atom. The zero-order valence-electron chi connectivity index (χ0n) is 20.1. The van der Waals surface area contributed by atoms with Crippen molar-refractivity contribution in [2.24, 2.45) is 11.8 Å². The van der Waals surface area contributed by atoms with E-state index in [2.05, 4.69) is 11.7 Å². The molecule has 0 amide bonds. The van der Waals surface area contributed by atoms with E-state index in [0.29, 0.717) is 11.5 Å². The first-order valence-corrected chi connectivity index (χ1v) is 15.4. The Bertz CT molecular complexity index is 735. The molecule has 0 N–H and O–H groups in total. The summed E-state index contributed by atoms with van der Waals surface area (Å²) in [4.78, 5) is 0. The second-order valence-corrected chi connectivity index (χ2v) is 14.2. The van der Waals surface area contributed by atoms with Gasteiger partial charge in [0, 0.05) is 8.80 Å². The lowest BCUT2D eigenvalue weighted by atomic mass is 9.77. The highest BCUT2D eigenvalue weighted by molar-refractivity contribution is 6.58. The quantitative estimate of drug-likeness (QED) is 0.165. The van der Waals surface area contributed by atoms with E-state index in [1.165, 1.54) is 56.7 Å². The Morgan fingerprint density at radius 3 is 1.94 bits per heavy atom. The van der Waals surface area contributed by atoms with Crippen LogP contribution in [0.1, 0.15) is 82.6 Å². The van der Waals surface area contributed by atoms with Crippen LogP contribution in [0.3, 0.4) is 0 Å². The molecule has 1 aliphatic heterocycles. The van der Waals surface area contributed by atoms with Crippen molar-refractivity contribution in [3.05, 3.63) is 29.3 Å². The number of unbranched alkanes of at least 4 members (excludes halogenated alkanes) is 1. The van der Waals surface area contributed by atoms with Crippen molar-refractivity contribution in [2.45, 2.75) is 108 Å². The maximum absolute atomic E-state index is 14.3. The van der Waals surface area contributed by atoms with E-state index in [4.69, 9.17) is 0 Å². The van der Waals surface area contributed by atoms with Crippen LogP contribution in [0.5, 0.6) is 5.75 Å². The lowest BCUT2D eigenvalue weighted by Crippen LogP contribution is -2.34. The van der Waals surface area contributed by atoms with Gasteiger partial charge < -0.3 is 4.74 Å². The number of hydrogen-bond donors (Lipinski definition) is 0. The Labute approximate surface area is 201 Å². The average Bonchev–Trinajstić information content (AvgIpc) is 2.82. The predicted octanol–water partition coefficient (Wildman–Crippen LogP) is 8.74. The molecule has 1 heterocycles. The van der Waals surface area contributed by atoms with Crippen LogP contribution < -0.4 is 4.74 Å². The van der Waals surface area contributed by atoms with Crippen molar-refractivity contribution in [3.63, 3.8) is 0 Å². The first-order chi connectivity index (χ1) is 16.2. The summed E-state index contributed by atoms with van der Waals surface area (Å²) in [6.45, 7) is 0.580. The van der Waals surface area contributed by atoms with Crippen LogP contribution in [0.15, 0.2) is 12.1 Å². The third-order valence-corrected chi connectivity index (χ3v) is 11.5. The van der Waals surface area contributed by atoms with Crippen molar-refractivity contribution >= 4 is 8.80 Å². The van der Waals surface area contributed by atoms with Crippen molar-refractivity contribution < 1.29 is 31.1 Å². The fourth-order valence-electron chi connectivity index (χ4n) is 5.76. The van der Waals surface area contributed by atoms with E-state index >= 15 is 0 Å². The Balaban J connectivity index is 1.40. The topological polar surface area (TPSA) is 9.23 Å². The predicted molar refractivity (Wildman–Crippen MR) is 126 cm³/mol. The molecule has 34 heavy (non-hydrogen) atoms. The molecule has 2 aliphatic rings. The minimum absolute atomic E-state index is 0.00900. The fraction of sp³-hybridized carbons (Fsp3) is 0.769. The fourth-order valence-corrected chi connectivity index (χ4v) is 8.75. The second-order valence-electron chi connectivity index (χ2n) is 10.5. The molecule has 2 fully saturated rings. The van der Waals surface area contributed by atoms with Gasteiger partial charge in [-0.25, -0.2) is 17.6 Å². The summed E-state index contributed by atoms with van der Waals surface area (Å²) in [7, 11) is -0.376. The van der Waals surface area contributed by atoms with Crippen LogP contribution in [0.2, 0.25) is 18.1 Å². The van der Waals surface area contributed by atoms with Gasteiger partial charge in [0.15, 0.2) is 24.0 Å². The van der Waals surface area contributed by atoms with Crippen molar-refractivity contribution in [2.75, 3.05) is 6.61 Å². The monoisotopic (exact) mass is 508 g/mol. The molecule has 3 rings (SSSR count). The molecule has 0 bridgehead atoms. The van der Waals surface area contributed by atoms with Gasteiger partial charge in [0.05, 0.1) is 0 Å². The molecule has 1 nitrogen and oxygen atoms in total.